The summed E-state index contributed by atoms with van der Waals surface area (Å²) in [4.78, 5) is 24.3. The van der Waals surface area contributed by atoms with E-state index in [2.05, 4.69) is 10.4 Å². The molecular weight excluding hydrogens is 373 g/mol. The molecule has 1 N–H and O–H groups in total. The number of nitrogens with one attached hydrogen (secondary N) is 1. The monoisotopic (exact) mass is 387 g/mol. The van der Waals surface area contributed by atoms with Gasteiger partial charge in [0, 0.05) is 17.7 Å². The molecular formula is C19H15ClFN3O3. The van der Waals surface area contributed by atoms with Gasteiger partial charge in [0.2, 0.25) is 5.91 Å². The number of benzene rings is 2. The van der Waals surface area contributed by atoms with Crippen molar-refractivity contribution in [2.75, 3.05) is 12.4 Å². The van der Waals surface area contributed by atoms with E-state index < -0.39 is 17.3 Å². The summed E-state index contributed by atoms with van der Waals surface area (Å²) in [7, 11) is 1.41. The van der Waals surface area contributed by atoms with Gasteiger partial charge in [0.05, 0.1) is 23.5 Å². The van der Waals surface area contributed by atoms with Crippen molar-refractivity contribution in [2.45, 2.75) is 6.54 Å². The van der Waals surface area contributed by atoms with Crippen LogP contribution in [0.3, 0.4) is 0 Å². The highest BCUT2D eigenvalue weighted by Gasteiger charge is 2.13. The third-order valence-electron chi connectivity index (χ3n) is 3.75. The molecule has 0 fully saturated rings. The number of carbonyl (C=O) groups is 1. The lowest BCUT2D eigenvalue weighted by Crippen LogP contribution is -2.29. The highest BCUT2D eigenvalue weighted by atomic mass is 35.5. The Hall–Kier alpha value is -3.19. The molecule has 0 atom stereocenters. The van der Waals surface area contributed by atoms with Gasteiger partial charge in [-0.3, -0.25) is 9.59 Å². The molecule has 0 unspecified atom stereocenters. The normalized spacial score (nSPS) is 10.5. The van der Waals surface area contributed by atoms with Crippen molar-refractivity contribution in [1.29, 1.82) is 0 Å². The topological polar surface area (TPSA) is 73.2 Å². The molecule has 0 spiro atoms. The van der Waals surface area contributed by atoms with Crippen molar-refractivity contribution >= 4 is 23.2 Å². The zero-order valence-electron chi connectivity index (χ0n) is 14.3. The van der Waals surface area contributed by atoms with E-state index in [1.807, 2.05) is 0 Å². The van der Waals surface area contributed by atoms with Gasteiger partial charge in [-0.15, -0.1) is 0 Å². The van der Waals surface area contributed by atoms with Crippen molar-refractivity contribution in [1.82, 2.24) is 9.78 Å². The number of halogens is 2. The zero-order valence-corrected chi connectivity index (χ0v) is 15.0. The molecule has 0 bridgehead atoms. The molecule has 0 aliphatic heterocycles. The van der Waals surface area contributed by atoms with Crippen molar-refractivity contribution in [3.8, 4) is 17.0 Å². The molecule has 138 valence electrons. The van der Waals surface area contributed by atoms with E-state index in [0.717, 1.165) is 4.68 Å². The zero-order chi connectivity index (χ0) is 19.4. The van der Waals surface area contributed by atoms with Crippen molar-refractivity contribution in [3.63, 3.8) is 0 Å². The molecule has 0 radical (unpaired) electrons. The number of amides is 1. The Bertz CT molecular complexity index is 1050. The average Bonchev–Trinajstić information content (AvgIpc) is 2.65. The van der Waals surface area contributed by atoms with Crippen LogP contribution in [0.4, 0.5) is 10.1 Å². The van der Waals surface area contributed by atoms with Crippen LogP contribution in [-0.2, 0) is 11.3 Å². The number of rotatable bonds is 5. The first kappa shape index (κ1) is 18.6. The van der Waals surface area contributed by atoms with Gasteiger partial charge in [-0.05, 0) is 30.3 Å². The molecule has 0 aliphatic rings. The minimum atomic E-state index is -0.457. The van der Waals surface area contributed by atoms with E-state index in [9.17, 15) is 14.0 Å². The second kappa shape index (κ2) is 8.01. The largest absolute Gasteiger partial charge is 0.496 e. The molecule has 6 nitrogen and oxygen atoms in total. The first-order valence-corrected chi connectivity index (χ1v) is 8.32. The summed E-state index contributed by atoms with van der Waals surface area (Å²) < 4.78 is 19.6. The molecule has 1 heterocycles. The van der Waals surface area contributed by atoms with Crippen LogP contribution in [0.5, 0.6) is 5.75 Å². The Kier molecular flexibility index (Phi) is 5.52. The third-order valence-corrected chi connectivity index (χ3v) is 4.08. The second-order valence-corrected chi connectivity index (χ2v) is 5.99. The molecule has 2 aromatic carbocycles. The summed E-state index contributed by atoms with van der Waals surface area (Å²) >= 11 is 6.01. The molecule has 27 heavy (non-hydrogen) atoms. The third kappa shape index (κ3) is 4.32. The highest BCUT2D eigenvalue weighted by Crippen LogP contribution is 2.28. The Morgan fingerprint density at radius 3 is 2.74 bits per heavy atom. The van der Waals surface area contributed by atoms with Gasteiger partial charge < -0.3 is 10.1 Å². The molecule has 3 aromatic rings. The average molecular weight is 388 g/mol. The molecule has 1 amide bonds. The quantitative estimate of drug-likeness (QED) is 0.728. The van der Waals surface area contributed by atoms with Gasteiger partial charge in [0.15, 0.2) is 0 Å². The number of carbonyl (C=O) groups excluding carboxylic acids is 1. The van der Waals surface area contributed by atoms with Crippen molar-refractivity contribution in [2.24, 2.45) is 0 Å². The van der Waals surface area contributed by atoms with E-state index in [4.69, 9.17) is 16.3 Å². The first-order valence-electron chi connectivity index (χ1n) is 7.94. The van der Waals surface area contributed by atoms with E-state index in [1.165, 1.54) is 37.4 Å². The lowest BCUT2D eigenvalue weighted by molar-refractivity contribution is -0.117. The van der Waals surface area contributed by atoms with Crippen LogP contribution >= 0.6 is 11.6 Å². The fraction of sp³-hybridized carbons (Fsp3) is 0.105. The summed E-state index contributed by atoms with van der Waals surface area (Å²) in [6.07, 6.45) is 0. The number of hydrogen-bond donors (Lipinski definition) is 1. The minimum absolute atomic E-state index is 0.271. The fourth-order valence-corrected chi connectivity index (χ4v) is 2.65. The van der Waals surface area contributed by atoms with Crippen LogP contribution in [0.15, 0.2) is 59.4 Å². The maximum Gasteiger partial charge on any atom is 0.267 e. The van der Waals surface area contributed by atoms with Crippen molar-refractivity contribution < 1.29 is 13.9 Å². The van der Waals surface area contributed by atoms with Gasteiger partial charge in [0.1, 0.15) is 18.1 Å². The number of para-hydroxylation sites is 1. The summed E-state index contributed by atoms with van der Waals surface area (Å²) in [5.74, 6) is -0.642. The van der Waals surface area contributed by atoms with E-state index >= 15 is 0 Å². The summed E-state index contributed by atoms with van der Waals surface area (Å²) in [5, 5.41) is 7.21. The molecule has 1 aromatic heterocycles. The maximum atomic E-state index is 13.4. The summed E-state index contributed by atoms with van der Waals surface area (Å²) in [6.45, 7) is -0.304. The Morgan fingerprint density at radius 2 is 2.00 bits per heavy atom. The van der Waals surface area contributed by atoms with Gasteiger partial charge in [-0.1, -0.05) is 23.7 Å². The first-order chi connectivity index (χ1) is 13.0. The Balaban J connectivity index is 1.87. The highest BCUT2D eigenvalue weighted by molar-refractivity contribution is 6.33. The van der Waals surface area contributed by atoms with Gasteiger partial charge in [-0.25, -0.2) is 9.07 Å². The number of ether oxygens (including phenoxy) is 1. The number of hydrogen-bond acceptors (Lipinski definition) is 4. The van der Waals surface area contributed by atoms with Crippen LogP contribution in [0, 0.1) is 5.82 Å². The van der Waals surface area contributed by atoms with Gasteiger partial charge >= 0.3 is 0 Å². The fourth-order valence-electron chi connectivity index (χ4n) is 2.47. The lowest BCUT2D eigenvalue weighted by atomic mass is 10.1. The van der Waals surface area contributed by atoms with E-state index in [-0.39, 0.29) is 12.3 Å². The van der Waals surface area contributed by atoms with Crippen LogP contribution < -0.4 is 15.6 Å². The number of nitrogens with zero attached hydrogens (tertiary/aromatic N) is 2. The van der Waals surface area contributed by atoms with Crippen LogP contribution in [-0.4, -0.2) is 22.8 Å². The van der Waals surface area contributed by atoms with E-state index in [0.29, 0.717) is 22.0 Å². The number of aromatic nitrogens is 2. The number of methoxy groups -OCH3 is 1. The Morgan fingerprint density at radius 1 is 1.22 bits per heavy atom. The number of anilines is 1. The smallest absolute Gasteiger partial charge is 0.267 e. The molecule has 0 saturated heterocycles. The van der Waals surface area contributed by atoms with Gasteiger partial charge in [-0.2, -0.15) is 5.10 Å². The Labute approximate surface area is 159 Å². The van der Waals surface area contributed by atoms with Crippen molar-refractivity contribution in [3.05, 3.63) is 75.8 Å². The molecule has 0 saturated carbocycles. The second-order valence-electron chi connectivity index (χ2n) is 5.59. The summed E-state index contributed by atoms with van der Waals surface area (Å²) in [5.41, 5.74) is 0.860. The van der Waals surface area contributed by atoms with Crippen LogP contribution in [0.25, 0.3) is 11.3 Å². The predicted octanol–water partition coefficient (Wildman–Crippen LogP) is 3.35. The standard InChI is InChI=1S/C19H15ClFN3O3/c1-27-17-10-12(21)6-7-13(17)15-8-9-19(26)24(23-15)11-18(25)22-16-5-3-2-4-14(16)20/h2-10H,11H2,1H3,(H,22,25). The van der Waals surface area contributed by atoms with Gasteiger partial charge in [0.25, 0.3) is 5.56 Å². The summed E-state index contributed by atoms with van der Waals surface area (Å²) in [6, 6.07) is 13.5. The molecule has 8 heteroatoms. The minimum Gasteiger partial charge on any atom is -0.496 e. The predicted molar refractivity (Wildman–Crippen MR) is 101 cm³/mol. The van der Waals surface area contributed by atoms with Crippen LogP contribution in [0.1, 0.15) is 0 Å². The SMILES string of the molecule is COc1cc(F)ccc1-c1ccc(=O)n(CC(=O)Nc2ccccc2Cl)n1. The molecule has 0 aliphatic carbocycles. The van der Waals surface area contributed by atoms with Crippen LogP contribution in [0.2, 0.25) is 5.02 Å². The van der Waals surface area contributed by atoms with E-state index in [1.54, 1.807) is 24.3 Å². The maximum absolute atomic E-state index is 13.4. The molecule has 3 rings (SSSR count). The lowest BCUT2D eigenvalue weighted by Gasteiger charge is -2.11.